The molecule has 5 rings (SSSR count). The van der Waals surface area contributed by atoms with Crippen LogP contribution in [-0.2, 0) is 22.5 Å². The van der Waals surface area contributed by atoms with E-state index in [-0.39, 0.29) is 24.3 Å². The van der Waals surface area contributed by atoms with Crippen molar-refractivity contribution in [3.05, 3.63) is 64.1 Å². The Morgan fingerprint density at radius 2 is 1.94 bits per heavy atom. The third kappa shape index (κ3) is 5.18. The number of halogens is 1. The zero-order chi connectivity index (χ0) is 24.7. The summed E-state index contributed by atoms with van der Waals surface area (Å²) in [5.74, 6) is 0.264. The van der Waals surface area contributed by atoms with Gasteiger partial charge in [0.2, 0.25) is 0 Å². The van der Waals surface area contributed by atoms with Crippen LogP contribution in [0.15, 0.2) is 41.2 Å². The number of nitrogens with one attached hydrogen (secondary N) is 1. The van der Waals surface area contributed by atoms with E-state index in [1.807, 2.05) is 12.1 Å². The molecule has 2 aromatic heterocycles. The lowest BCUT2D eigenvalue weighted by atomic mass is 10.1. The Bertz CT molecular complexity index is 1480. The van der Waals surface area contributed by atoms with Gasteiger partial charge >= 0.3 is 5.97 Å². The molecule has 8 nitrogen and oxygen atoms in total. The molecule has 0 spiro atoms. The van der Waals surface area contributed by atoms with Gasteiger partial charge < -0.3 is 14.5 Å². The second-order valence-electron chi connectivity index (χ2n) is 9.96. The van der Waals surface area contributed by atoms with Gasteiger partial charge in [0.1, 0.15) is 18.0 Å². The van der Waals surface area contributed by atoms with Crippen LogP contribution in [0.4, 0.5) is 4.39 Å². The summed E-state index contributed by atoms with van der Waals surface area (Å²) in [5.41, 5.74) is 0.638. The Kier molecular flexibility index (Phi) is 5.78. The van der Waals surface area contributed by atoms with Gasteiger partial charge in [-0.25, -0.2) is 14.1 Å². The highest BCUT2D eigenvalue weighted by Crippen LogP contribution is 2.31. The molecular weight excluding hydrogens is 451 g/mol. The second-order valence-corrected chi connectivity index (χ2v) is 9.96. The number of carbonyl (C=O) groups is 1. The first kappa shape index (κ1) is 23.0. The van der Waals surface area contributed by atoms with Gasteiger partial charge in [0.05, 0.1) is 35.1 Å². The molecule has 1 aliphatic carbocycles. The summed E-state index contributed by atoms with van der Waals surface area (Å²) in [4.78, 5) is 33.1. The summed E-state index contributed by atoms with van der Waals surface area (Å²) in [7, 11) is 0. The van der Waals surface area contributed by atoms with Crippen molar-refractivity contribution in [1.82, 2.24) is 19.7 Å². The summed E-state index contributed by atoms with van der Waals surface area (Å²) < 4.78 is 26.6. The first-order valence-electron chi connectivity index (χ1n) is 11.7. The molecule has 1 fully saturated rings. The van der Waals surface area contributed by atoms with E-state index in [4.69, 9.17) is 9.47 Å². The molecular formula is C26H27FN4O4. The first-order chi connectivity index (χ1) is 16.7. The number of aromatic amines is 1. The van der Waals surface area contributed by atoms with E-state index in [2.05, 4.69) is 15.1 Å². The first-order valence-corrected chi connectivity index (χ1v) is 11.7. The van der Waals surface area contributed by atoms with Crippen molar-refractivity contribution in [2.24, 2.45) is 5.92 Å². The van der Waals surface area contributed by atoms with Gasteiger partial charge in [0.15, 0.2) is 11.6 Å². The molecule has 0 aliphatic heterocycles. The molecule has 1 saturated carbocycles. The number of fused-ring (bicyclic) bond motifs is 2. The Morgan fingerprint density at radius 1 is 1.20 bits per heavy atom. The van der Waals surface area contributed by atoms with Crippen LogP contribution in [0.5, 0.6) is 5.75 Å². The molecule has 0 unspecified atom stereocenters. The van der Waals surface area contributed by atoms with Crippen molar-refractivity contribution < 1.29 is 18.7 Å². The number of benzene rings is 2. The minimum Gasteiger partial charge on any atom is -0.490 e. The fraction of sp³-hybridized carbons (Fsp3) is 0.385. The molecule has 2 heterocycles. The normalized spacial score (nSPS) is 13.9. The van der Waals surface area contributed by atoms with Crippen molar-refractivity contribution in [1.29, 1.82) is 0 Å². The fourth-order valence-electron chi connectivity index (χ4n) is 3.95. The Labute approximate surface area is 201 Å². The van der Waals surface area contributed by atoms with E-state index < -0.39 is 17.4 Å². The van der Waals surface area contributed by atoms with E-state index >= 15 is 0 Å². The van der Waals surface area contributed by atoms with Crippen molar-refractivity contribution in [3.8, 4) is 5.75 Å². The van der Waals surface area contributed by atoms with E-state index in [1.165, 1.54) is 6.07 Å². The topological polar surface area (TPSA) is 99.1 Å². The van der Waals surface area contributed by atoms with E-state index in [1.54, 1.807) is 39.0 Å². The predicted octanol–water partition coefficient (Wildman–Crippen LogP) is 4.13. The van der Waals surface area contributed by atoms with Crippen molar-refractivity contribution >= 4 is 27.8 Å². The van der Waals surface area contributed by atoms with E-state index in [9.17, 15) is 14.0 Å². The standard InChI is InChI=1S/C26H27FN4O4/c1-26(2,3)35-24(32)13-31-25(33)17-7-5-4-6-16(17)19(30-31)12-23-28-20-10-18(27)22(11-21(20)29-23)34-14-15-8-9-15/h4-7,10-11,15H,8-9,12-14H2,1-3H3,(H,28,29). The van der Waals surface area contributed by atoms with Crippen LogP contribution < -0.4 is 10.3 Å². The van der Waals surface area contributed by atoms with E-state index in [0.717, 1.165) is 17.5 Å². The summed E-state index contributed by atoms with van der Waals surface area (Å²) in [6.45, 7) is 5.50. The molecule has 0 amide bonds. The highest BCUT2D eigenvalue weighted by atomic mass is 19.1. The van der Waals surface area contributed by atoms with E-state index in [0.29, 0.717) is 45.8 Å². The summed E-state index contributed by atoms with van der Waals surface area (Å²) in [6, 6.07) is 10.1. The minimum atomic E-state index is -0.675. The SMILES string of the molecule is CC(C)(C)OC(=O)Cn1nc(Cc2nc3cc(OCC4CC4)c(F)cc3[nH]2)c2ccccc2c1=O. The molecule has 9 heteroatoms. The summed E-state index contributed by atoms with van der Waals surface area (Å²) >= 11 is 0. The lowest BCUT2D eigenvalue weighted by Crippen LogP contribution is -2.32. The average molecular weight is 479 g/mol. The number of imidazole rings is 1. The van der Waals surface area contributed by atoms with Crippen molar-refractivity contribution in [2.75, 3.05) is 6.61 Å². The number of rotatable bonds is 7. The molecule has 0 bridgehead atoms. The average Bonchev–Trinajstić information content (AvgIpc) is 3.53. The largest absolute Gasteiger partial charge is 0.490 e. The lowest BCUT2D eigenvalue weighted by molar-refractivity contribution is -0.155. The quantitative estimate of drug-likeness (QED) is 0.401. The third-order valence-corrected chi connectivity index (χ3v) is 5.73. The van der Waals surface area contributed by atoms with Crippen LogP contribution in [0.3, 0.4) is 0 Å². The maximum atomic E-state index is 14.5. The zero-order valence-corrected chi connectivity index (χ0v) is 19.9. The molecule has 4 aromatic rings. The predicted molar refractivity (Wildman–Crippen MR) is 129 cm³/mol. The minimum absolute atomic E-state index is 0.192. The smallest absolute Gasteiger partial charge is 0.328 e. The van der Waals surface area contributed by atoms with Gasteiger partial charge in [0.25, 0.3) is 5.56 Å². The van der Waals surface area contributed by atoms with Crippen LogP contribution in [-0.4, -0.2) is 37.9 Å². The molecule has 182 valence electrons. The molecule has 2 aromatic carbocycles. The monoisotopic (exact) mass is 478 g/mol. The summed E-state index contributed by atoms with van der Waals surface area (Å²) in [6.07, 6.45) is 2.49. The van der Waals surface area contributed by atoms with Crippen molar-refractivity contribution in [2.45, 2.75) is 52.2 Å². The summed E-state index contributed by atoms with van der Waals surface area (Å²) in [5, 5.41) is 5.58. The number of aromatic nitrogens is 4. The Balaban J connectivity index is 1.47. The Morgan fingerprint density at radius 3 is 2.66 bits per heavy atom. The third-order valence-electron chi connectivity index (χ3n) is 5.73. The van der Waals surface area contributed by atoms with Crippen LogP contribution in [0.2, 0.25) is 0 Å². The maximum Gasteiger partial charge on any atom is 0.328 e. The van der Waals surface area contributed by atoms with Gasteiger partial charge in [-0.05, 0) is 45.6 Å². The maximum absolute atomic E-state index is 14.5. The molecule has 0 radical (unpaired) electrons. The number of hydrogen-bond donors (Lipinski definition) is 1. The van der Waals surface area contributed by atoms with Gasteiger partial charge in [-0.15, -0.1) is 0 Å². The van der Waals surface area contributed by atoms with Gasteiger partial charge in [0, 0.05) is 17.5 Å². The number of H-pyrrole nitrogens is 1. The van der Waals surface area contributed by atoms with Crippen LogP contribution in [0.25, 0.3) is 21.8 Å². The van der Waals surface area contributed by atoms with Gasteiger partial charge in [-0.2, -0.15) is 5.10 Å². The number of carbonyl (C=O) groups excluding carboxylic acids is 1. The number of esters is 1. The van der Waals surface area contributed by atoms with Gasteiger partial charge in [-0.3, -0.25) is 9.59 Å². The molecule has 1 aliphatic rings. The molecule has 1 N–H and O–H groups in total. The fourth-order valence-corrected chi connectivity index (χ4v) is 3.95. The van der Waals surface area contributed by atoms with Crippen LogP contribution in [0, 0.1) is 11.7 Å². The molecule has 0 saturated heterocycles. The molecule has 35 heavy (non-hydrogen) atoms. The zero-order valence-electron chi connectivity index (χ0n) is 19.9. The number of hydrogen-bond acceptors (Lipinski definition) is 6. The Hall–Kier alpha value is -3.75. The number of nitrogens with zero attached hydrogens (tertiary/aromatic N) is 3. The lowest BCUT2D eigenvalue weighted by Gasteiger charge is -2.19. The highest BCUT2D eigenvalue weighted by Gasteiger charge is 2.23. The molecule has 0 atom stereocenters. The van der Waals surface area contributed by atoms with Gasteiger partial charge in [-0.1, -0.05) is 18.2 Å². The highest BCUT2D eigenvalue weighted by molar-refractivity contribution is 5.84. The second kappa shape index (κ2) is 8.79. The number of ether oxygens (including phenoxy) is 2. The van der Waals surface area contributed by atoms with Crippen LogP contribution >= 0.6 is 0 Å². The van der Waals surface area contributed by atoms with Crippen molar-refractivity contribution in [3.63, 3.8) is 0 Å². The van der Waals surface area contributed by atoms with Crippen LogP contribution in [0.1, 0.15) is 45.1 Å².